The predicted octanol–water partition coefficient (Wildman–Crippen LogP) is 2.37. The summed E-state index contributed by atoms with van der Waals surface area (Å²) in [5.41, 5.74) is 0.613. The first-order chi connectivity index (χ1) is 9.22. The molecule has 0 spiro atoms. The highest BCUT2D eigenvalue weighted by Gasteiger charge is 2.18. The van der Waals surface area contributed by atoms with Crippen molar-refractivity contribution in [2.45, 2.75) is 25.4 Å². The summed E-state index contributed by atoms with van der Waals surface area (Å²) in [7, 11) is 3.75. The normalized spacial score (nSPS) is 20.6. The summed E-state index contributed by atoms with van der Waals surface area (Å²) in [6.07, 6.45) is 4.20. The quantitative estimate of drug-likeness (QED) is 0.782. The van der Waals surface area contributed by atoms with E-state index in [9.17, 15) is 4.79 Å². The minimum absolute atomic E-state index is 0.195. The van der Waals surface area contributed by atoms with E-state index < -0.39 is 0 Å². The van der Waals surface area contributed by atoms with Crippen LogP contribution in [0, 0.1) is 0 Å². The van der Waals surface area contributed by atoms with Crippen LogP contribution in [0.3, 0.4) is 0 Å². The third kappa shape index (κ3) is 3.70. The van der Waals surface area contributed by atoms with E-state index in [0.717, 1.165) is 38.6 Å². The molecule has 4 nitrogen and oxygen atoms in total. The van der Waals surface area contributed by atoms with E-state index in [0.29, 0.717) is 17.1 Å². The molecule has 0 bridgehead atoms. The number of nitrogens with zero attached hydrogens (tertiary/aromatic N) is 1. The highest BCUT2D eigenvalue weighted by Crippen LogP contribution is 2.30. The Kier molecular flexibility index (Phi) is 4.80. The van der Waals surface area contributed by atoms with Crippen LogP contribution in [0.4, 0.5) is 0 Å². The molecular weight excluding hydrogens is 242 g/mol. The van der Waals surface area contributed by atoms with Crippen molar-refractivity contribution >= 4 is 6.29 Å². The van der Waals surface area contributed by atoms with Crippen LogP contribution in [0.1, 0.15) is 29.6 Å². The van der Waals surface area contributed by atoms with Crippen LogP contribution < -0.4 is 9.47 Å². The van der Waals surface area contributed by atoms with Crippen molar-refractivity contribution < 1.29 is 14.3 Å². The van der Waals surface area contributed by atoms with Crippen molar-refractivity contribution in [2.24, 2.45) is 0 Å². The van der Waals surface area contributed by atoms with Gasteiger partial charge in [-0.3, -0.25) is 4.79 Å². The molecule has 1 atom stereocenters. The van der Waals surface area contributed by atoms with Gasteiger partial charge in [-0.1, -0.05) is 0 Å². The van der Waals surface area contributed by atoms with Gasteiger partial charge in [0.05, 0.1) is 7.11 Å². The molecule has 2 rings (SSSR count). The molecule has 1 heterocycles. The van der Waals surface area contributed by atoms with Crippen LogP contribution >= 0.6 is 0 Å². The number of aldehydes is 1. The molecule has 4 heteroatoms. The number of benzene rings is 1. The number of rotatable bonds is 4. The molecule has 0 N–H and O–H groups in total. The average Bonchev–Trinajstić information content (AvgIpc) is 2.63. The van der Waals surface area contributed by atoms with Crippen LogP contribution in [0.2, 0.25) is 0 Å². The topological polar surface area (TPSA) is 38.8 Å². The van der Waals surface area contributed by atoms with Gasteiger partial charge in [0.1, 0.15) is 12.4 Å². The number of carbonyl (C=O) groups is 1. The number of carbonyl (C=O) groups excluding carboxylic acids is 1. The molecule has 1 aromatic carbocycles. The van der Waals surface area contributed by atoms with E-state index >= 15 is 0 Å². The maximum absolute atomic E-state index is 10.8. The van der Waals surface area contributed by atoms with Gasteiger partial charge >= 0.3 is 0 Å². The van der Waals surface area contributed by atoms with Gasteiger partial charge in [-0.25, -0.2) is 0 Å². The molecule has 1 fully saturated rings. The zero-order valence-corrected chi connectivity index (χ0v) is 11.6. The summed E-state index contributed by atoms with van der Waals surface area (Å²) in [5.74, 6) is 1.35. The average molecular weight is 263 g/mol. The van der Waals surface area contributed by atoms with Gasteiger partial charge in [0.25, 0.3) is 0 Å². The Labute approximate surface area is 114 Å². The molecule has 0 aromatic heterocycles. The van der Waals surface area contributed by atoms with Crippen LogP contribution in [0.15, 0.2) is 18.2 Å². The Morgan fingerprint density at radius 2 is 2.11 bits per heavy atom. The number of hydrogen-bond acceptors (Lipinski definition) is 4. The van der Waals surface area contributed by atoms with E-state index in [1.54, 1.807) is 25.3 Å². The summed E-state index contributed by atoms with van der Waals surface area (Å²) in [6.45, 7) is 2.16. The lowest BCUT2D eigenvalue weighted by Gasteiger charge is -2.19. The fourth-order valence-electron chi connectivity index (χ4n) is 2.37. The minimum atomic E-state index is 0.195. The molecule has 0 aliphatic carbocycles. The van der Waals surface area contributed by atoms with E-state index in [1.807, 2.05) is 0 Å². The van der Waals surface area contributed by atoms with Gasteiger partial charge < -0.3 is 14.4 Å². The maximum Gasteiger partial charge on any atom is 0.162 e. The van der Waals surface area contributed by atoms with Gasteiger partial charge in [-0.05, 0) is 51.1 Å². The van der Waals surface area contributed by atoms with E-state index in [4.69, 9.17) is 9.47 Å². The highest BCUT2D eigenvalue weighted by atomic mass is 16.5. The zero-order valence-electron chi connectivity index (χ0n) is 11.6. The Morgan fingerprint density at radius 1 is 1.26 bits per heavy atom. The SMILES string of the molecule is COc1ccc(C=O)cc1OC1CCCN(C)CC1. The molecule has 0 saturated carbocycles. The molecule has 19 heavy (non-hydrogen) atoms. The van der Waals surface area contributed by atoms with Gasteiger partial charge in [0.2, 0.25) is 0 Å². The molecule has 1 aliphatic heterocycles. The summed E-state index contributed by atoms with van der Waals surface area (Å²) < 4.78 is 11.3. The van der Waals surface area contributed by atoms with Gasteiger partial charge in [0, 0.05) is 12.1 Å². The van der Waals surface area contributed by atoms with Crippen molar-refractivity contribution in [1.82, 2.24) is 4.90 Å². The number of hydrogen-bond donors (Lipinski definition) is 0. The minimum Gasteiger partial charge on any atom is -0.493 e. The second kappa shape index (κ2) is 6.57. The van der Waals surface area contributed by atoms with Gasteiger partial charge in [0.15, 0.2) is 11.5 Å². The van der Waals surface area contributed by atoms with Crippen LogP contribution in [-0.4, -0.2) is 44.5 Å². The van der Waals surface area contributed by atoms with E-state index in [1.165, 1.54) is 0 Å². The first-order valence-electron chi connectivity index (χ1n) is 6.71. The first-order valence-corrected chi connectivity index (χ1v) is 6.71. The maximum atomic E-state index is 10.8. The molecular formula is C15H21NO3. The predicted molar refractivity (Wildman–Crippen MR) is 74.1 cm³/mol. The van der Waals surface area contributed by atoms with Gasteiger partial charge in [-0.2, -0.15) is 0 Å². The monoisotopic (exact) mass is 263 g/mol. The molecule has 104 valence electrons. The number of likely N-dealkylation sites (tertiary alicyclic amines) is 1. The second-order valence-electron chi connectivity index (χ2n) is 5.00. The lowest BCUT2D eigenvalue weighted by atomic mass is 10.1. The Balaban J connectivity index is 2.10. The van der Waals surface area contributed by atoms with Crippen LogP contribution in [-0.2, 0) is 0 Å². The zero-order chi connectivity index (χ0) is 13.7. The van der Waals surface area contributed by atoms with Crippen LogP contribution in [0.5, 0.6) is 11.5 Å². The summed E-state index contributed by atoms with van der Waals surface area (Å²) in [6, 6.07) is 5.27. The number of methoxy groups -OCH3 is 1. The molecule has 0 radical (unpaired) electrons. The smallest absolute Gasteiger partial charge is 0.162 e. The summed E-state index contributed by atoms with van der Waals surface area (Å²) >= 11 is 0. The first kappa shape index (κ1) is 13.9. The van der Waals surface area contributed by atoms with Crippen LogP contribution in [0.25, 0.3) is 0 Å². The fourth-order valence-corrected chi connectivity index (χ4v) is 2.37. The third-order valence-corrected chi connectivity index (χ3v) is 3.52. The highest BCUT2D eigenvalue weighted by molar-refractivity contribution is 5.76. The second-order valence-corrected chi connectivity index (χ2v) is 5.00. The molecule has 1 unspecified atom stereocenters. The van der Waals surface area contributed by atoms with E-state index in [2.05, 4.69) is 11.9 Å². The molecule has 1 saturated heterocycles. The Morgan fingerprint density at radius 3 is 2.84 bits per heavy atom. The summed E-state index contributed by atoms with van der Waals surface area (Å²) in [5, 5.41) is 0. The Hall–Kier alpha value is -1.55. The summed E-state index contributed by atoms with van der Waals surface area (Å²) in [4.78, 5) is 13.2. The Bertz CT molecular complexity index is 433. The number of ether oxygens (including phenoxy) is 2. The standard InChI is InChI=1S/C15H21NO3/c1-16-8-3-4-13(7-9-16)19-15-10-12(11-17)5-6-14(15)18-2/h5-6,10-11,13H,3-4,7-9H2,1-2H3. The third-order valence-electron chi connectivity index (χ3n) is 3.52. The van der Waals surface area contributed by atoms with Crippen molar-refractivity contribution in [1.29, 1.82) is 0 Å². The fraction of sp³-hybridized carbons (Fsp3) is 0.533. The molecule has 1 aromatic rings. The van der Waals surface area contributed by atoms with Crippen molar-refractivity contribution in [3.05, 3.63) is 23.8 Å². The van der Waals surface area contributed by atoms with Crippen molar-refractivity contribution in [3.63, 3.8) is 0 Å². The molecule has 1 aliphatic rings. The van der Waals surface area contributed by atoms with Crippen molar-refractivity contribution in [2.75, 3.05) is 27.2 Å². The van der Waals surface area contributed by atoms with Gasteiger partial charge in [-0.15, -0.1) is 0 Å². The lowest BCUT2D eigenvalue weighted by molar-refractivity contribution is 0.112. The molecule has 0 amide bonds. The van der Waals surface area contributed by atoms with Crippen molar-refractivity contribution in [3.8, 4) is 11.5 Å². The largest absolute Gasteiger partial charge is 0.493 e. The van der Waals surface area contributed by atoms with E-state index in [-0.39, 0.29) is 6.10 Å². The lowest BCUT2D eigenvalue weighted by Crippen LogP contribution is -2.21.